The second-order valence-corrected chi connectivity index (χ2v) is 4.92. The van der Waals surface area contributed by atoms with E-state index < -0.39 is 47.3 Å². The molecule has 0 aliphatic rings. The first kappa shape index (κ1) is 17.5. The molecule has 0 saturated heterocycles. The first-order valence-electron chi connectivity index (χ1n) is 6.77. The number of rotatable bonds is 4. The van der Waals surface area contributed by atoms with Gasteiger partial charge in [-0.1, -0.05) is 6.07 Å². The van der Waals surface area contributed by atoms with Crippen molar-refractivity contribution in [2.75, 3.05) is 11.9 Å². The summed E-state index contributed by atoms with van der Waals surface area (Å²) in [6.45, 7) is 0.966. The fraction of sp³-hybridized carbons (Fsp3) is 0.125. The summed E-state index contributed by atoms with van der Waals surface area (Å²) in [6, 6.07) is 5.30. The van der Waals surface area contributed by atoms with Crippen molar-refractivity contribution >= 4 is 17.5 Å². The average molecular weight is 340 g/mol. The standard InChI is InChI=1S/C16H12F4N2O2/c1-8-2-3-9(6-11(8)18)16(24)21-7-13(23)22-12-5-4-10(17)14(19)15(12)20/h2-6H,7H2,1H3,(H,21,24)(H,22,23). The van der Waals surface area contributed by atoms with Crippen LogP contribution in [0.1, 0.15) is 15.9 Å². The van der Waals surface area contributed by atoms with Crippen molar-refractivity contribution < 1.29 is 27.2 Å². The van der Waals surface area contributed by atoms with Crippen molar-refractivity contribution in [2.24, 2.45) is 0 Å². The van der Waals surface area contributed by atoms with E-state index in [0.717, 1.165) is 12.1 Å². The summed E-state index contributed by atoms with van der Waals surface area (Å²) in [5.41, 5.74) is -0.197. The van der Waals surface area contributed by atoms with Gasteiger partial charge >= 0.3 is 0 Å². The van der Waals surface area contributed by atoms with Crippen molar-refractivity contribution in [3.63, 3.8) is 0 Å². The van der Waals surface area contributed by atoms with Gasteiger partial charge in [0.25, 0.3) is 5.91 Å². The van der Waals surface area contributed by atoms with Crippen LogP contribution in [0.2, 0.25) is 0 Å². The number of anilines is 1. The van der Waals surface area contributed by atoms with E-state index in [1.54, 1.807) is 0 Å². The molecule has 2 N–H and O–H groups in total. The zero-order valence-corrected chi connectivity index (χ0v) is 12.4. The molecule has 0 saturated carbocycles. The van der Waals surface area contributed by atoms with Crippen LogP contribution in [0.4, 0.5) is 23.2 Å². The molecule has 0 aromatic heterocycles. The van der Waals surface area contributed by atoms with Gasteiger partial charge < -0.3 is 10.6 Å². The monoisotopic (exact) mass is 340 g/mol. The molecule has 8 heteroatoms. The minimum absolute atomic E-state index is 0.00454. The number of halogens is 4. The molecular weight excluding hydrogens is 328 g/mol. The Morgan fingerprint density at radius 3 is 2.33 bits per heavy atom. The molecule has 0 atom stereocenters. The Balaban J connectivity index is 1.97. The van der Waals surface area contributed by atoms with Crippen LogP contribution in [-0.4, -0.2) is 18.4 Å². The third kappa shape index (κ3) is 3.89. The Kier molecular flexibility index (Phi) is 5.18. The number of aryl methyl sites for hydroxylation is 1. The van der Waals surface area contributed by atoms with E-state index in [0.29, 0.717) is 11.6 Å². The van der Waals surface area contributed by atoms with Gasteiger partial charge in [0.05, 0.1) is 12.2 Å². The first-order valence-corrected chi connectivity index (χ1v) is 6.77. The van der Waals surface area contributed by atoms with Crippen LogP contribution >= 0.6 is 0 Å². The van der Waals surface area contributed by atoms with Gasteiger partial charge in [-0.3, -0.25) is 9.59 Å². The van der Waals surface area contributed by atoms with Crippen LogP contribution in [0.3, 0.4) is 0 Å². The molecule has 0 aliphatic carbocycles. The van der Waals surface area contributed by atoms with Crippen LogP contribution < -0.4 is 10.6 Å². The number of hydrogen-bond donors (Lipinski definition) is 2. The van der Waals surface area contributed by atoms with Gasteiger partial charge in [-0.15, -0.1) is 0 Å². The lowest BCUT2D eigenvalue weighted by Gasteiger charge is -2.09. The molecule has 0 aliphatic heterocycles. The highest BCUT2D eigenvalue weighted by Crippen LogP contribution is 2.19. The van der Waals surface area contributed by atoms with E-state index in [4.69, 9.17) is 0 Å². The number of nitrogens with one attached hydrogen (secondary N) is 2. The van der Waals surface area contributed by atoms with Crippen LogP contribution in [0.15, 0.2) is 30.3 Å². The van der Waals surface area contributed by atoms with E-state index in [1.807, 2.05) is 5.32 Å². The molecule has 0 unspecified atom stereocenters. The fourth-order valence-electron chi connectivity index (χ4n) is 1.81. The van der Waals surface area contributed by atoms with Crippen molar-refractivity contribution in [1.29, 1.82) is 0 Å². The molecule has 0 heterocycles. The Morgan fingerprint density at radius 1 is 0.958 bits per heavy atom. The lowest BCUT2D eigenvalue weighted by Crippen LogP contribution is -2.33. The van der Waals surface area contributed by atoms with Crippen LogP contribution in [-0.2, 0) is 4.79 Å². The van der Waals surface area contributed by atoms with E-state index in [1.165, 1.54) is 19.1 Å². The molecule has 0 radical (unpaired) electrons. The van der Waals surface area contributed by atoms with Gasteiger partial charge in [0.1, 0.15) is 5.82 Å². The summed E-state index contributed by atoms with van der Waals surface area (Å²) in [6.07, 6.45) is 0. The maximum Gasteiger partial charge on any atom is 0.251 e. The van der Waals surface area contributed by atoms with Gasteiger partial charge in [0.2, 0.25) is 5.91 Å². The SMILES string of the molecule is Cc1ccc(C(=O)NCC(=O)Nc2ccc(F)c(F)c2F)cc1F. The number of benzene rings is 2. The van der Waals surface area contributed by atoms with Crippen molar-refractivity contribution in [3.05, 3.63) is 64.7 Å². The lowest BCUT2D eigenvalue weighted by molar-refractivity contribution is -0.115. The molecule has 126 valence electrons. The van der Waals surface area contributed by atoms with Crippen molar-refractivity contribution in [1.82, 2.24) is 5.32 Å². The van der Waals surface area contributed by atoms with Crippen LogP contribution in [0.25, 0.3) is 0 Å². The second-order valence-electron chi connectivity index (χ2n) is 4.92. The summed E-state index contributed by atoms with van der Waals surface area (Å²) < 4.78 is 52.6. The van der Waals surface area contributed by atoms with Gasteiger partial charge in [0, 0.05) is 5.56 Å². The predicted octanol–water partition coefficient (Wildman–Crippen LogP) is 2.92. The molecule has 4 nitrogen and oxygen atoms in total. The molecule has 0 spiro atoms. The zero-order valence-electron chi connectivity index (χ0n) is 12.4. The molecule has 2 amide bonds. The molecule has 0 fully saturated rings. The Hall–Kier alpha value is -2.90. The summed E-state index contributed by atoms with van der Waals surface area (Å²) in [5, 5.41) is 4.20. The maximum absolute atomic E-state index is 13.4. The highest BCUT2D eigenvalue weighted by Gasteiger charge is 2.16. The largest absolute Gasteiger partial charge is 0.343 e. The number of carbonyl (C=O) groups excluding carboxylic acids is 2. The van der Waals surface area contributed by atoms with Crippen LogP contribution in [0, 0.1) is 30.2 Å². The lowest BCUT2D eigenvalue weighted by atomic mass is 10.1. The third-order valence-corrected chi connectivity index (χ3v) is 3.15. The number of amides is 2. The van der Waals surface area contributed by atoms with E-state index in [2.05, 4.69) is 5.32 Å². The molecule has 2 rings (SSSR count). The van der Waals surface area contributed by atoms with Gasteiger partial charge in [-0.25, -0.2) is 17.6 Å². The first-order chi connectivity index (χ1) is 11.3. The van der Waals surface area contributed by atoms with E-state index in [9.17, 15) is 27.2 Å². The highest BCUT2D eigenvalue weighted by molar-refractivity contribution is 5.99. The Bertz CT molecular complexity index is 809. The minimum Gasteiger partial charge on any atom is -0.343 e. The maximum atomic E-state index is 13.4. The van der Waals surface area contributed by atoms with E-state index >= 15 is 0 Å². The number of hydrogen-bond acceptors (Lipinski definition) is 2. The molecule has 24 heavy (non-hydrogen) atoms. The summed E-state index contributed by atoms with van der Waals surface area (Å²) in [4.78, 5) is 23.4. The summed E-state index contributed by atoms with van der Waals surface area (Å²) in [5.74, 6) is -6.80. The molecular formula is C16H12F4N2O2. The highest BCUT2D eigenvalue weighted by atomic mass is 19.2. The summed E-state index contributed by atoms with van der Waals surface area (Å²) in [7, 11) is 0. The van der Waals surface area contributed by atoms with Gasteiger partial charge in [-0.2, -0.15) is 0 Å². The molecule has 0 bridgehead atoms. The molecule has 2 aromatic rings. The smallest absolute Gasteiger partial charge is 0.251 e. The van der Waals surface area contributed by atoms with Gasteiger partial charge in [-0.05, 0) is 36.8 Å². The van der Waals surface area contributed by atoms with Gasteiger partial charge in [0.15, 0.2) is 17.5 Å². The Morgan fingerprint density at radius 2 is 1.67 bits per heavy atom. The normalized spacial score (nSPS) is 10.4. The summed E-state index contributed by atoms with van der Waals surface area (Å²) >= 11 is 0. The van der Waals surface area contributed by atoms with Crippen molar-refractivity contribution in [3.8, 4) is 0 Å². The topological polar surface area (TPSA) is 58.2 Å². The predicted molar refractivity (Wildman–Crippen MR) is 78.4 cm³/mol. The fourth-order valence-corrected chi connectivity index (χ4v) is 1.81. The van der Waals surface area contributed by atoms with E-state index in [-0.39, 0.29) is 5.56 Å². The Labute approximate surface area is 134 Å². The molecule has 2 aromatic carbocycles. The zero-order chi connectivity index (χ0) is 17.9. The third-order valence-electron chi connectivity index (χ3n) is 3.15. The average Bonchev–Trinajstić information content (AvgIpc) is 2.55. The number of carbonyl (C=O) groups is 2. The second kappa shape index (κ2) is 7.12. The van der Waals surface area contributed by atoms with Crippen molar-refractivity contribution in [2.45, 2.75) is 6.92 Å². The minimum atomic E-state index is -1.72. The van der Waals surface area contributed by atoms with Crippen LogP contribution in [0.5, 0.6) is 0 Å². The quantitative estimate of drug-likeness (QED) is 0.664.